The maximum Gasteiger partial charge on any atom is 0.335 e. The summed E-state index contributed by atoms with van der Waals surface area (Å²) in [5, 5.41) is 14.5. The lowest BCUT2D eigenvalue weighted by atomic mass is 10.1. The molecule has 2 aromatic carbocycles. The number of amides is 2. The van der Waals surface area contributed by atoms with Crippen LogP contribution < -0.4 is 20.2 Å². The van der Waals surface area contributed by atoms with Gasteiger partial charge in [-0.3, -0.25) is 9.59 Å². The van der Waals surface area contributed by atoms with Crippen LogP contribution in [-0.2, 0) is 9.59 Å². The number of hydrazone groups is 1. The van der Waals surface area contributed by atoms with E-state index in [9.17, 15) is 14.4 Å². The molecule has 0 saturated carbocycles. The first-order chi connectivity index (χ1) is 14.8. The molecule has 2 aromatic rings. The summed E-state index contributed by atoms with van der Waals surface area (Å²) >= 11 is 0. The first-order valence-electron chi connectivity index (χ1n) is 9.43. The van der Waals surface area contributed by atoms with Gasteiger partial charge >= 0.3 is 5.97 Å². The number of nitrogens with zero attached hydrogens (tertiary/aromatic N) is 2. The number of rotatable bonds is 8. The van der Waals surface area contributed by atoms with E-state index in [2.05, 4.69) is 5.10 Å². The zero-order valence-corrected chi connectivity index (χ0v) is 17.0. The van der Waals surface area contributed by atoms with Crippen molar-refractivity contribution in [1.82, 2.24) is 0 Å². The van der Waals surface area contributed by atoms with Crippen molar-refractivity contribution in [2.75, 3.05) is 18.2 Å². The van der Waals surface area contributed by atoms with Gasteiger partial charge in [-0.2, -0.15) is 10.1 Å². The second-order valence-corrected chi connectivity index (χ2v) is 6.61. The number of aromatic carboxylic acids is 1. The molecule has 9 heteroatoms. The number of primary amides is 1. The second kappa shape index (κ2) is 9.12. The van der Waals surface area contributed by atoms with E-state index in [1.807, 2.05) is 6.92 Å². The molecule has 1 heterocycles. The Hall–Kier alpha value is -4.14. The van der Waals surface area contributed by atoms with Crippen molar-refractivity contribution in [1.29, 1.82) is 0 Å². The molecule has 0 aromatic heterocycles. The largest absolute Gasteiger partial charge is 0.490 e. The fourth-order valence-electron chi connectivity index (χ4n) is 2.92. The maximum absolute atomic E-state index is 12.9. The fourth-order valence-corrected chi connectivity index (χ4v) is 2.92. The van der Waals surface area contributed by atoms with Gasteiger partial charge in [0.1, 0.15) is 0 Å². The van der Waals surface area contributed by atoms with Gasteiger partial charge in [-0.1, -0.05) is 6.07 Å². The van der Waals surface area contributed by atoms with Crippen LogP contribution in [0.1, 0.15) is 29.8 Å². The molecular weight excluding hydrogens is 402 g/mol. The number of carbonyl (C=O) groups excluding carboxylic acids is 2. The Bertz CT molecular complexity index is 1090. The third-order valence-corrected chi connectivity index (χ3v) is 4.37. The van der Waals surface area contributed by atoms with Crippen molar-refractivity contribution in [3.63, 3.8) is 0 Å². The second-order valence-electron chi connectivity index (χ2n) is 6.61. The van der Waals surface area contributed by atoms with Gasteiger partial charge < -0.3 is 20.3 Å². The van der Waals surface area contributed by atoms with E-state index in [0.717, 1.165) is 0 Å². The molecule has 160 valence electrons. The number of nitrogens with two attached hydrogens (primary N) is 1. The SMILES string of the molecule is CCOc1cc(/C=C2\C(=O)N(c3ccc(C(=O)O)cc3)N=C2C)ccc1OCC(N)=O. The lowest BCUT2D eigenvalue weighted by Crippen LogP contribution is -2.21. The topological polar surface area (TPSA) is 132 Å². The average Bonchev–Trinajstić information content (AvgIpc) is 3.01. The standard InChI is InChI=1S/C22H21N3O6/c1-3-30-19-11-14(4-9-18(19)31-12-20(23)26)10-17-13(2)24-25(21(17)27)16-7-5-15(6-8-16)22(28)29/h4-11H,3,12H2,1-2H3,(H2,23,26)(H,28,29)/b17-10-. The molecule has 31 heavy (non-hydrogen) atoms. The first kappa shape index (κ1) is 21.6. The third kappa shape index (κ3) is 4.89. The number of carbonyl (C=O) groups is 3. The predicted octanol–water partition coefficient (Wildman–Crippen LogP) is 2.45. The Morgan fingerprint density at radius 2 is 1.84 bits per heavy atom. The summed E-state index contributed by atoms with van der Waals surface area (Å²) in [6.07, 6.45) is 1.67. The molecule has 1 aliphatic rings. The molecule has 0 radical (unpaired) electrons. The van der Waals surface area contributed by atoms with E-state index in [0.29, 0.717) is 40.6 Å². The lowest BCUT2D eigenvalue weighted by molar-refractivity contribution is -0.120. The van der Waals surface area contributed by atoms with Crippen molar-refractivity contribution in [3.05, 3.63) is 59.2 Å². The number of anilines is 1. The zero-order chi connectivity index (χ0) is 22.5. The lowest BCUT2D eigenvalue weighted by Gasteiger charge is -2.12. The molecule has 0 fully saturated rings. The van der Waals surface area contributed by atoms with Gasteiger partial charge in [0.15, 0.2) is 18.1 Å². The summed E-state index contributed by atoms with van der Waals surface area (Å²) in [6, 6.07) is 10.9. The molecule has 0 bridgehead atoms. The molecule has 0 saturated heterocycles. The van der Waals surface area contributed by atoms with Gasteiger partial charge in [-0.05, 0) is 61.9 Å². The quantitative estimate of drug-likeness (QED) is 0.627. The molecule has 0 unspecified atom stereocenters. The summed E-state index contributed by atoms with van der Waals surface area (Å²) in [6.45, 7) is 3.63. The molecule has 3 rings (SSSR count). The first-order valence-corrected chi connectivity index (χ1v) is 9.43. The molecular formula is C22H21N3O6. The normalized spacial score (nSPS) is 14.5. The Kier molecular flexibility index (Phi) is 6.35. The van der Waals surface area contributed by atoms with Crippen LogP contribution in [0.25, 0.3) is 6.08 Å². The van der Waals surface area contributed by atoms with Crippen molar-refractivity contribution < 1.29 is 29.0 Å². The maximum atomic E-state index is 12.9. The number of benzene rings is 2. The highest BCUT2D eigenvalue weighted by Gasteiger charge is 2.29. The number of carboxylic acids is 1. The van der Waals surface area contributed by atoms with Crippen molar-refractivity contribution >= 4 is 35.3 Å². The Morgan fingerprint density at radius 1 is 1.13 bits per heavy atom. The van der Waals surface area contributed by atoms with E-state index in [1.54, 1.807) is 31.2 Å². The van der Waals surface area contributed by atoms with Crippen LogP contribution in [0.2, 0.25) is 0 Å². The monoisotopic (exact) mass is 423 g/mol. The Balaban J connectivity index is 1.87. The number of hydrogen-bond donors (Lipinski definition) is 2. The highest BCUT2D eigenvalue weighted by Crippen LogP contribution is 2.31. The third-order valence-electron chi connectivity index (χ3n) is 4.37. The van der Waals surface area contributed by atoms with E-state index in [-0.39, 0.29) is 18.1 Å². The van der Waals surface area contributed by atoms with Gasteiger partial charge in [0, 0.05) is 0 Å². The van der Waals surface area contributed by atoms with Crippen LogP contribution >= 0.6 is 0 Å². The van der Waals surface area contributed by atoms with Crippen LogP contribution in [0.5, 0.6) is 11.5 Å². The van der Waals surface area contributed by atoms with Crippen LogP contribution in [0.15, 0.2) is 53.1 Å². The van der Waals surface area contributed by atoms with Gasteiger partial charge in [-0.25, -0.2) is 4.79 Å². The van der Waals surface area contributed by atoms with E-state index >= 15 is 0 Å². The van der Waals surface area contributed by atoms with Gasteiger partial charge in [-0.15, -0.1) is 0 Å². The van der Waals surface area contributed by atoms with Crippen molar-refractivity contribution in [2.45, 2.75) is 13.8 Å². The van der Waals surface area contributed by atoms with Crippen LogP contribution in [0.4, 0.5) is 5.69 Å². The number of ether oxygens (including phenoxy) is 2. The van der Waals surface area contributed by atoms with E-state index < -0.39 is 11.9 Å². The summed E-state index contributed by atoms with van der Waals surface area (Å²) in [4.78, 5) is 34.9. The van der Waals surface area contributed by atoms with Crippen LogP contribution in [0.3, 0.4) is 0 Å². The van der Waals surface area contributed by atoms with Gasteiger partial charge in [0.25, 0.3) is 11.8 Å². The number of hydrogen-bond acceptors (Lipinski definition) is 6. The Morgan fingerprint density at radius 3 is 2.45 bits per heavy atom. The minimum atomic E-state index is -1.05. The molecule has 0 aliphatic carbocycles. The highest BCUT2D eigenvalue weighted by atomic mass is 16.5. The molecule has 1 aliphatic heterocycles. The number of carboxylic acid groups (broad SMARTS) is 1. The van der Waals surface area contributed by atoms with Gasteiger partial charge in [0.05, 0.1) is 29.1 Å². The van der Waals surface area contributed by atoms with E-state index in [1.165, 1.54) is 29.3 Å². The van der Waals surface area contributed by atoms with Crippen molar-refractivity contribution in [2.24, 2.45) is 10.8 Å². The summed E-state index contributed by atoms with van der Waals surface area (Å²) < 4.78 is 10.9. The van der Waals surface area contributed by atoms with Crippen LogP contribution in [0, 0.1) is 0 Å². The minimum absolute atomic E-state index is 0.119. The molecule has 3 N–H and O–H groups in total. The molecule has 9 nitrogen and oxygen atoms in total. The summed E-state index contributed by atoms with van der Waals surface area (Å²) in [5.74, 6) is -1.21. The smallest absolute Gasteiger partial charge is 0.335 e. The van der Waals surface area contributed by atoms with Crippen LogP contribution in [-0.4, -0.2) is 41.8 Å². The summed E-state index contributed by atoms with van der Waals surface area (Å²) in [7, 11) is 0. The Labute approximate surface area is 178 Å². The van der Waals surface area contributed by atoms with Crippen molar-refractivity contribution in [3.8, 4) is 11.5 Å². The highest BCUT2D eigenvalue weighted by molar-refractivity contribution is 6.32. The molecule has 0 atom stereocenters. The molecule has 2 amide bonds. The van der Waals surface area contributed by atoms with E-state index in [4.69, 9.17) is 20.3 Å². The molecule has 0 spiro atoms. The van der Waals surface area contributed by atoms with Gasteiger partial charge in [0.2, 0.25) is 0 Å². The predicted molar refractivity (Wildman–Crippen MR) is 114 cm³/mol. The summed E-state index contributed by atoms with van der Waals surface area (Å²) in [5.41, 5.74) is 7.27. The minimum Gasteiger partial charge on any atom is -0.490 e. The fraction of sp³-hybridized carbons (Fsp3) is 0.182. The average molecular weight is 423 g/mol. The zero-order valence-electron chi connectivity index (χ0n) is 17.0.